The summed E-state index contributed by atoms with van der Waals surface area (Å²) in [4.78, 5) is 6.78. The van der Waals surface area contributed by atoms with Crippen molar-refractivity contribution in [3.05, 3.63) is 47.5 Å². The van der Waals surface area contributed by atoms with Crippen LogP contribution in [0.2, 0.25) is 5.02 Å². The number of para-hydroxylation sites is 1. The van der Waals surface area contributed by atoms with Crippen LogP contribution in [0.15, 0.2) is 52.2 Å². The minimum Gasteiger partial charge on any atom is -0.340 e. The maximum atomic E-state index is 8.30. The molecule has 3 rings (SSSR count). The van der Waals surface area contributed by atoms with Crippen molar-refractivity contribution in [3.8, 4) is 0 Å². The minimum atomic E-state index is 0.570. The molecule has 0 saturated heterocycles. The molecule has 0 N–H and O–H groups in total. The lowest BCUT2D eigenvalue weighted by molar-refractivity contribution is 0.402. The van der Waals surface area contributed by atoms with Crippen LogP contribution in [0.4, 0.5) is 11.4 Å². The molecule has 1 aliphatic rings. The van der Waals surface area contributed by atoms with Gasteiger partial charge >= 0.3 is 0 Å². The van der Waals surface area contributed by atoms with Gasteiger partial charge in [0.25, 0.3) is 0 Å². The summed E-state index contributed by atoms with van der Waals surface area (Å²) >= 11 is 7.92. The van der Waals surface area contributed by atoms with Gasteiger partial charge in [-0.1, -0.05) is 35.5 Å². The molecule has 0 saturated carbocycles. The van der Waals surface area contributed by atoms with E-state index in [1.807, 2.05) is 24.3 Å². The number of rotatable bonds is 4. The van der Waals surface area contributed by atoms with Crippen molar-refractivity contribution >= 4 is 34.7 Å². The molecule has 0 radical (unpaired) electrons. The lowest BCUT2D eigenvalue weighted by atomic mass is 10.2. The van der Waals surface area contributed by atoms with Crippen LogP contribution >= 0.6 is 23.4 Å². The Bertz CT molecular complexity index is 690. The Kier molecular flexibility index (Phi) is 4.05. The molecular formula is C17H19ClN2S. The Morgan fingerprint density at radius 2 is 2.00 bits per heavy atom. The molecular weight excluding hydrogens is 300 g/mol. The lowest BCUT2D eigenvalue weighted by Gasteiger charge is -2.33. The molecule has 0 unspecified atom stereocenters. The van der Waals surface area contributed by atoms with E-state index in [1.54, 1.807) is 11.8 Å². The van der Waals surface area contributed by atoms with Gasteiger partial charge in [-0.15, -0.1) is 0 Å². The number of nitrogens with zero attached hydrogens (tertiary/aromatic N) is 2. The quantitative estimate of drug-likeness (QED) is 0.791. The predicted molar refractivity (Wildman–Crippen MR) is 92.2 cm³/mol. The number of benzene rings is 2. The summed E-state index contributed by atoms with van der Waals surface area (Å²) in [6, 6.07) is 12.5. The fraction of sp³-hybridized carbons (Fsp3) is 0.294. The zero-order chi connectivity index (χ0) is 15.7. The Balaban J connectivity index is 2.00. The molecule has 0 fully saturated rings. The highest BCUT2D eigenvalue weighted by Crippen LogP contribution is 2.48. The van der Waals surface area contributed by atoms with Gasteiger partial charge in [0.15, 0.2) is 0 Å². The van der Waals surface area contributed by atoms with Gasteiger partial charge in [0.2, 0.25) is 0 Å². The Hall–Kier alpha value is -1.16. The fourth-order valence-corrected chi connectivity index (χ4v) is 3.74. The normalized spacial score (nSPS) is 13.9. The topological polar surface area (TPSA) is 6.48 Å². The average Bonchev–Trinajstić information content (AvgIpc) is 2.47. The molecule has 0 bridgehead atoms. The molecule has 0 amide bonds. The van der Waals surface area contributed by atoms with E-state index in [-0.39, 0.29) is 0 Å². The highest BCUT2D eigenvalue weighted by atomic mass is 35.5. The average molecular weight is 321 g/mol. The largest absolute Gasteiger partial charge is 0.340 e. The smallest absolute Gasteiger partial charge is 0.0645 e. The number of hydrogen-bond acceptors (Lipinski definition) is 3. The summed E-state index contributed by atoms with van der Waals surface area (Å²) in [6.07, 6.45) is 1.04. The van der Waals surface area contributed by atoms with Crippen LogP contribution < -0.4 is 4.90 Å². The summed E-state index contributed by atoms with van der Waals surface area (Å²) in [5.74, 6) is 0. The number of hydrogen-bond donors (Lipinski definition) is 0. The first-order valence-electron chi connectivity index (χ1n) is 7.55. The SMILES string of the molecule is [3H]c1cccc2c1N(CCCN(C)C)c1cc(Cl)ccc1S2. The molecule has 0 aromatic heterocycles. The summed E-state index contributed by atoms with van der Waals surface area (Å²) in [5.41, 5.74) is 2.12. The van der Waals surface area contributed by atoms with Gasteiger partial charge in [0.1, 0.15) is 0 Å². The monoisotopic (exact) mass is 320 g/mol. The van der Waals surface area contributed by atoms with Crippen LogP contribution in [-0.2, 0) is 0 Å². The van der Waals surface area contributed by atoms with Gasteiger partial charge in [-0.3, -0.25) is 0 Å². The summed E-state index contributed by atoms with van der Waals surface area (Å²) in [7, 11) is 4.17. The zero-order valence-corrected chi connectivity index (χ0v) is 13.8. The molecule has 110 valence electrons. The zero-order valence-electron chi connectivity index (χ0n) is 13.3. The summed E-state index contributed by atoms with van der Waals surface area (Å²) in [5, 5.41) is 0.739. The van der Waals surface area contributed by atoms with Gasteiger partial charge in [0, 0.05) is 21.4 Å². The first-order valence-corrected chi connectivity index (χ1v) is 8.25. The van der Waals surface area contributed by atoms with Crippen molar-refractivity contribution in [1.29, 1.82) is 0 Å². The third-order valence-corrected chi connectivity index (χ3v) is 4.84. The van der Waals surface area contributed by atoms with E-state index in [9.17, 15) is 0 Å². The van der Waals surface area contributed by atoms with E-state index in [4.69, 9.17) is 13.0 Å². The van der Waals surface area contributed by atoms with Crippen molar-refractivity contribution in [2.24, 2.45) is 0 Å². The highest BCUT2D eigenvalue weighted by Gasteiger charge is 2.22. The van der Waals surface area contributed by atoms with Crippen LogP contribution in [-0.4, -0.2) is 32.1 Å². The molecule has 2 nitrogen and oxygen atoms in total. The van der Waals surface area contributed by atoms with E-state index in [1.165, 1.54) is 4.90 Å². The van der Waals surface area contributed by atoms with E-state index in [0.717, 1.165) is 40.8 Å². The molecule has 1 aliphatic heterocycles. The number of anilines is 2. The van der Waals surface area contributed by atoms with Crippen molar-refractivity contribution in [3.63, 3.8) is 0 Å². The second-order valence-corrected chi connectivity index (χ2v) is 6.93. The van der Waals surface area contributed by atoms with Crippen molar-refractivity contribution in [2.45, 2.75) is 16.2 Å². The van der Waals surface area contributed by atoms with E-state index in [2.05, 4.69) is 36.0 Å². The molecule has 0 atom stereocenters. The maximum absolute atomic E-state index is 8.30. The van der Waals surface area contributed by atoms with Crippen molar-refractivity contribution in [1.82, 2.24) is 4.90 Å². The van der Waals surface area contributed by atoms with Crippen LogP contribution in [0.3, 0.4) is 0 Å². The third kappa shape index (κ3) is 3.20. The second-order valence-electron chi connectivity index (χ2n) is 5.41. The van der Waals surface area contributed by atoms with Gasteiger partial charge in [-0.05, 0) is 57.4 Å². The number of halogens is 1. The summed E-state index contributed by atoms with van der Waals surface area (Å²) < 4.78 is 8.30. The van der Waals surface area contributed by atoms with Gasteiger partial charge in [-0.2, -0.15) is 0 Å². The van der Waals surface area contributed by atoms with Crippen LogP contribution in [0.25, 0.3) is 0 Å². The summed E-state index contributed by atoms with van der Waals surface area (Å²) in [6.45, 7) is 1.91. The number of fused-ring (bicyclic) bond motifs is 2. The maximum Gasteiger partial charge on any atom is 0.0645 e. The molecule has 0 aliphatic carbocycles. The first kappa shape index (κ1) is 13.5. The predicted octanol–water partition coefficient (Wildman–Crippen LogP) is 4.89. The lowest BCUT2D eigenvalue weighted by Crippen LogP contribution is -2.25. The van der Waals surface area contributed by atoms with Crippen LogP contribution in [0, 0.1) is 0 Å². The van der Waals surface area contributed by atoms with E-state index >= 15 is 0 Å². The fourth-order valence-electron chi connectivity index (χ4n) is 2.51. The minimum absolute atomic E-state index is 0.570. The Morgan fingerprint density at radius 3 is 2.81 bits per heavy atom. The van der Waals surface area contributed by atoms with Crippen LogP contribution in [0.5, 0.6) is 0 Å². The molecule has 0 spiro atoms. The molecule has 21 heavy (non-hydrogen) atoms. The van der Waals surface area contributed by atoms with Crippen molar-refractivity contribution in [2.75, 3.05) is 32.1 Å². The highest BCUT2D eigenvalue weighted by molar-refractivity contribution is 7.99. The molecule has 2 aromatic carbocycles. The first-order chi connectivity index (χ1) is 10.6. The van der Waals surface area contributed by atoms with Crippen molar-refractivity contribution < 1.29 is 1.37 Å². The van der Waals surface area contributed by atoms with Gasteiger partial charge < -0.3 is 9.80 Å². The van der Waals surface area contributed by atoms with E-state index in [0.29, 0.717) is 6.04 Å². The molecule has 4 heteroatoms. The second kappa shape index (κ2) is 6.30. The van der Waals surface area contributed by atoms with E-state index < -0.39 is 0 Å². The van der Waals surface area contributed by atoms with Gasteiger partial charge in [-0.25, -0.2) is 0 Å². The standard InChI is InChI=1S/C17H19ClN2S/c1-19(2)10-5-11-20-14-6-3-4-7-16(14)21-17-9-8-13(18)12-15(17)20/h3-4,6-9,12H,5,10-11H2,1-2H3/i6T. The van der Waals surface area contributed by atoms with Crippen LogP contribution in [0.1, 0.15) is 7.79 Å². The third-order valence-electron chi connectivity index (χ3n) is 3.49. The van der Waals surface area contributed by atoms with Gasteiger partial charge in [0.05, 0.1) is 12.7 Å². The Morgan fingerprint density at radius 1 is 1.19 bits per heavy atom. The Labute approximate surface area is 137 Å². The molecule has 2 aromatic rings. The molecule has 1 heterocycles.